The Labute approximate surface area is 150 Å². The van der Waals surface area contributed by atoms with Crippen LogP contribution < -0.4 is 0 Å². The van der Waals surface area contributed by atoms with Gasteiger partial charge in [0.05, 0.1) is 0 Å². The van der Waals surface area contributed by atoms with Crippen LogP contribution in [0.2, 0.25) is 0 Å². The lowest BCUT2D eigenvalue weighted by molar-refractivity contribution is 0.330. The second-order valence-electron chi connectivity index (χ2n) is 8.71. The standard InChI is InChI=1S/C24H26O/c1-23(2)12-13-24(3,4)21-15-22(25)19(14-20(21)23)18-11-7-9-16-8-5-6-10-17(16)18/h5-11,14-15,25H,12-13H2,1-4H3. The summed E-state index contributed by atoms with van der Waals surface area (Å²) in [5, 5.41) is 13.3. The van der Waals surface area contributed by atoms with Crippen molar-refractivity contribution in [3.05, 3.63) is 65.7 Å². The van der Waals surface area contributed by atoms with Gasteiger partial charge in [-0.25, -0.2) is 0 Å². The molecule has 0 unspecified atom stereocenters. The van der Waals surface area contributed by atoms with E-state index in [1.807, 2.05) is 6.07 Å². The normalized spacial score (nSPS) is 18.1. The van der Waals surface area contributed by atoms with Gasteiger partial charge in [0, 0.05) is 5.56 Å². The maximum absolute atomic E-state index is 10.9. The fourth-order valence-corrected chi connectivity index (χ4v) is 4.28. The molecule has 0 spiro atoms. The largest absolute Gasteiger partial charge is 0.507 e. The lowest BCUT2D eigenvalue weighted by atomic mass is 9.62. The van der Waals surface area contributed by atoms with Crippen LogP contribution in [0, 0.1) is 0 Å². The van der Waals surface area contributed by atoms with E-state index in [9.17, 15) is 5.11 Å². The zero-order chi connectivity index (χ0) is 17.8. The Balaban J connectivity index is 2.01. The molecule has 4 rings (SSSR count). The number of rotatable bonds is 1. The van der Waals surface area contributed by atoms with Crippen molar-refractivity contribution in [2.75, 3.05) is 0 Å². The van der Waals surface area contributed by atoms with Crippen LogP contribution in [0.3, 0.4) is 0 Å². The van der Waals surface area contributed by atoms with Crippen LogP contribution in [0.5, 0.6) is 5.75 Å². The van der Waals surface area contributed by atoms with Gasteiger partial charge in [0.15, 0.2) is 0 Å². The van der Waals surface area contributed by atoms with Crippen molar-refractivity contribution < 1.29 is 5.11 Å². The van der Waals surface area contributed by atoms with Crippen LogP contribution in [0.25, 0.3) is 21.9 Å². The molecule has 1 nitrogen and oxygen atoms in total. The van der Waals surface area contributed by atoms with Crippen molar-refractivity contribution in [2.24, 2.45) is 0 Å². The van der Waals surface area contributed by atoms with Crippen LogP contribution in [-0.4, -0.2) is 5.11 Å². The minimum atomic E-state index is 0.111. The van der Waals surface area contributed by atoms with E-state index in [1.165, 1.54) is 28.3 Å². The maximum Gasteiger partial charge on any atom is 0.123 e. The summed E-state index contributed by atoms with van der Waals surface area (Å²) in [7, 11) is 0. The highest BCUT2D eigenvalue weighted by Crippen LogP contribution is 2.49. The fraction of sp³-hybridized carbons (Fsp3) is 0.333. The van der Waals surface area contributed by atoms with Gasteiger partial charge in [-0.05, 0) is 63.3 Å². The second kappa shape index (κ2) is 5.36. The van der Waals surface area contributed by atoms with Gasteiger partial charge in [-0.15, -0.1) is 0 Å². The van der Waals surface area contributed by atoms with E-state index >= 15 is 0 Å². The molecule has 25 heavy (non-hydrogen) atoms. The van der Waals surface area contributed by atoms with Gasteiger partial charge in [-0.3, -0.25) is 0 Å². The molecule has 1 aliphatic rings. The average molecular weight is 330 g/mol. The first-order chi connectivity index (χ1) is 11.8. The summed E-state index contributed by atoms with van der Waals surface area (Å²) in [5.41, 5.74) is 4.98. The van der Waals surface area contributed by atoms with Crippen LogP contribution in [0.4, 0.5) is 0 Å². The third-order valence-corrected chi connectivity index (χ3v) is 6.05. The van der Waals surface area contributed by atoms with Crippen LogP contribution in [-0.2, 0) is 10.8 Å². The van der Waals surface area contributed by atoms with Crippen molar-refractivity contribution >= 4 is 10.8 Å². The highest BCUT2D eigenvalue weighted by atomic mass is 16.3. The van der Waals surface area contributed by atoms with E-state index in [4.69, 9.17) is 0 Å². The molecular formula is C24H26O. The van der Waals surface area contributed by atoms with Crippen LogP contribution >= 0.6 is 0 Å². The Bertz CT molecular complexity index is 958. The molecule has 1 heteroatoms. The molecule has 0 atom stereocenters. The molecule has 0 radical (unpaired) electrons. The smallest absolute Gasteiger partial charge is 0.123 e. The summed E-state index contributed by atoms with van der Waals surface area (Å²) in [5.74, 6) is 0.390. The van der Waals surface area contributed by atoms with Crippen LogP contribution in [0.15, 0.2) is 54.6 Å². The van der Waals surface area contributed by atoms with Gasteiger partial charge in [-0.1, -0.05) is 70.2 Å². The Kier molecular flexibility index (Phi) is 3.47. The molecule has 0 heterocycles. The van der Waals surface area contributed by atoms with Crippen molar-refractivity contribution in [2.45, 2.75) is 51.4 Å². The molecule has 0 bridgehead atoms. The van der Waals surface area contributed by atoms with E-state index in [0.29, 0.717) is 5.75 Å². The van der Waals surface area contributed by atoms with Gasteiger partial charge in [0.25, 0.3) is 0 Å². The summed E-state index contributed by atoms with van der Waals surface area (Å²) in [6.45, 7) is 9.23. The van der Waals surface area contributed by atoms with Crippen molar-refractivity contribution in [1.82, 2.24) is 0 Å². The van der Waals surface area contributed by atoms with Crippen molar-refractivity contribution in [3.8, 4) is 16.9 Å². The first-order valence-corrected chi connectivity index (χ1v) is 9.16. The SMILES string of the molecule is CC1(C)CCC(C)(C)c2cc(-c3cccc4ccccc34)c(O)cc21. The van der Waals surface area contributed by atoms with Gasteiger partial charge < -0.3 is 5.11 Å². The number of hydrogen-bond donors (Lipinski definition) is 1. The minimum Gasteiger partial charge on any atom is -0.507 e. The monoisotopic (exact) mass is 330 g/mol. The molecule has 0 aromatic heterocycles. The summed E-state index contributed by atoms with van der Waals surface area (Å²) >= 11 is 0. The van der Waals surface area contributed by atoms with Crippen molar-refractivity contribution in [1.29, 1.82) is 0 Å². The van der Waals surface area contributed by atoms with E-state index in [2.05, 4.69) is 76.2 Å². The van der Waals surface area contributed by atoms with E-state index < -0.39 is 0 Å². The van der Waals surface area contributed by atoms with E-state index in [0.717, 1.165) is 17.5 Å². The highest BCUT2D eigenvalue weighted by molar-refractivity contribution is 5.98. The van der Waals surface area contributed by atoms with Gasteiger partial charge in [0.2, 0.25) is 0 Å². The molecular weight excluding hydrogens is 304 g/mol. The molecule has 128 valence electrons. The Morgan fingerprint density at radius 3 is 2.04 bits per heavy atom. The van der Waals surface area contributed by atoms with Crippen LogP contribution in [0.1, 0.15) is 51.7 Å². The van der Waals surface area contributed by atoms with E-state index in [1.54, 1.807) is 0 Å². The second-order valence-corrected chi connectivity index (χ2v) is 8.71. The van der Waals surface area contributed by atoms with Gasteiger partial charge >= 0.3 is 0 Å². The molecule has 0 fully saturated rings. The third-order valence-electron chi connectivity index (χ3n) is 6.05. The van der Waals surface area contributed by atoms with E-state index in [-0.39, 0.29) is 10.8 Å². The Hall–Kier alpha value is -2.28. The predicted molar refractivity (Wildman–Crippen MR) is 106 cm³/mol. The van der Waals surface area contributed by atoms with Gasteiger partial charge in [0.1, 0.15) is 5.75 Å². The average Bonchev–Trinajstić information content (AvgIpc) is 2.58. The maximum atomic E-state index is 10.9. The number of aromatic hydroxyl groups is 1. The summed E-state index contributed by atoms with van der Waals surface area (Å²) < 4.78 is 0. The number of hydrogen-bond acceptors (Lipinski definition) is 1. The molecule has 3 aromatic carbocycles. The molecule has 1 N–H and O–H groups in total. The number of phenolic OH excluding ortho intramolecular Hbond substituents is 1. The highest BCUT2D eigenvalue weighted by Gasteiger charge is 2.37. The molecule has 0 saturated heterocycles. The zero-order valence-electron chi connectivity index (χ0n) is 15.6. The quantitative estimate of drug-likeness (QED) is 0.535. The Morgan fingerprint density at radius 1 is 0.720 bits per heavy atom. The minimum absolute atomic E-state index is 0.111. The topological polar surface area (TPSA) is 20.2 Å². The number of fused-ring (bicyclic) bond motifs is 2. The molecule has 3 aromatic rings. The number of phenols is 1. The lowest BCUT2D eigenvalue weighted by Gasteiger charge is -2.42. The molecule has 0 aliphatic heterocycles. The Morgan fingerprint density at radius 2 is 1.32 bits per heavy atom. The summed E-state index contributed by atoms with van der Waals surface area (Å²) in [4.78, 5) is 0. The molecule has 1 aliphatic carbocycles. The predicted octanol–water partition coefficient (Wildman–Crippen LogP) is 6.56. The number of benzene rings is 3. The molecule has 0 amide bonds. The summed E-state index contributed by atoms with van der Waals surface area (Å²) in [6.07, 6.45) is 2.33. The fourth-order valence-electron chi connectivity index (χ4n) is 4.28. The molecule has 0 saturated carbocycles. The summed E-state index contributed by atoms with van der Waals surface area (Å²) in [6, 6.07) is 19.0. The first-order valence-electron chi connectivity index (χ1n) is 9.16. The first kappa shape index (κ1) is 16.2. The van der Waals surface area contributed by atoms with Gasteiger partial charge in [-0.2, -0.15) is 0 Å². The lowest BCUT2D eigenvalue weighted by Crippen LogP contribution is -2.33. The third kappa shape index (κ3) is 2.54. The zero-order valence-corrected chi connectivity index (χ0v) is 15.6. The van der Waals surface area contributed by atoms with Crippen molar-refractivity contribution in [3.63, 3.8) is 0 Å².